The zero-order valence-corrected chi connectivity index (χ0v) is 16.7. The molecule has 4 rings (SSSR count). The Morgan fingerprint density at radius 1 is 0.903 bits per heavy atom. The van der Waals surface area contributed by atoms with Crippen molar-refractivity contribution in [2.45, 2.75) is 0 Å². The van der Waals surface area contributed by atoms with Gasteiger partial charge in [0.05, 0.1) is 12.8 Å². The number of nitrogens with two attached hydrogens (primary N) is 1. The minimum Gasteiger partial charge on any atom is -0.504 e. The summed E-state index contributed by atoms with van der Waals surface area (Å²) in [6.45, 7) is 0. The topological polar surface area (TPSA) is 101 Å². The van der Waals surface area contributed by atoms with Gasteiger partial charge in [-0.2, -0.15) is 5.26 Å². The van der Waals surface area contributed by atoms with Gasteiger partial charge in [-0.15, -0.1) is 0 Å². The Morgan fingerprint density at radius 3 is 2.39 bits per heavy atom. The summed E-state index contributed by atoms with van der Waals surface area (Å²) in [6, 6.07) is 25.4. The molecule has 0 fully saturated rings. The summed E-state index contributed by atoms with van der Waals surface area (Å²) in [5.41, 5.74) is 8.91. The molecule has 0 amide bonds. The van der Waals surface area contributed by atoms with Gasteiger partial charge in [-0.1, -0.05) is 36.4 Å². The number of phenolic OH excluding ortho intramolecular Hbond substituents is 1. The standard InChI is InChI=1S/C25H19N3O3/c1-30-19-9-5-6-17(12-19)22-14-20(21(15-26)25(27)28-22)16-10-11-24(23(29)13-16)31-18-7-3-2-4-8-18/h2-14,29H,1H3,(H2,27,28). The van der Waals surface area contributed by atoms with E-state index in [2.05, 4.69) is 11.1 Å². The van der Waals surface area contributed by atoms with Gasteiger partial charge in [0.2, 0.25) is 0 Å². The Labute approximate surface area is 179 Å². The molecule has 6 heteroatoms. The Balaban J connectivity index is 1.77. The first-order valence-corrected chi connectivity index (χ1v) is 9.50. The molecule has 0 unspecified atom stereocenters. The van der Waals surface area contributed by atoms with E-state index >= 15 is 0 Å². The highest BCUT2D eigenvalue weighted by molar-refractivity contribution is 5.81. The number of hydrogen-bond acceptors (Lipinski definition) is 6. The number of ether oxygens (including phenoxy) is 2. The smallest absolute Gasteiger partial charge is 0.169 e. The van der Waals surface area contributed by atoms with Crippen LogP contribution in [0.15, 0.2) is 78.9 Å². The summed E-state index contributed by atoms with van der Waals surface area (Å²) in [5.74, 6) is 1.66. The van der Waals surface area contributed by atoms with Gasteiger partial charge in [0, 0.05) is 11.1 Å². The first-order chi connectivity index (χ1) is 15.1. The number of rotatable bonds is 5. The van der Waals surface area contributed by atoms with Crippen LogP contribution in [0.25, 0.3) is 22.4 Å². The minimum absolute atomic E-state index is 0.0523. The van der Waals surface area contributed by atoms with Crippen molar-refractivity contribution in [1.82, 2.24) is 4.98 Å². The molecule has 0 spiro atoms. The average molecular weight is 409 g/mol. The summed E-state index contributed by atoms with van der Waals surface area (Å²) in [4.78, 5) is 4.38. The van der Waals surface area contributed by atoms with Crippen LogP contribution in [0.3, 0.4) is 0 Å². The first-order valence-electron chi connectivity index (χ1n) is 9.50. The maximum Gasteiger partial charge on any atom is 0.169 e. The molecule has 1 heterocycles. The lowest BCUT2D eigenvalue weighted by Gasteiger charge is -2.13. The Bertz CT molecular complexity index is 1280. The van der Waals surface area contributed by atoms with E-state index < -0.39 is 0 Å². The molecular formula is C25H19N3O3. The lowest BCUT2D eigenvalue weighted by Crippen LogP contribution is -2.00. The monoisotopic (exact) mass is 409 g/mol. The summed E-state index contributed by atoms with van der Waals surface area (Å²) in [6.07, 6.45) is 0. The predicted molar refractivity (Wildman–Crippen MR) is 119 cm³/mol. The highest BCUT2D eigenvalue weighted by atomic mass is 16.5. The van der Waals surface area contributed by atoms with Crippen LogP contribution in [0.1, 0.15) is 5.56 Å². The molecule has 0 radical (unpaired) electrons. The number of methoxy groups -OCH3 is 1. The molecule has 0 aliphatic rings. The molecule has 152 valence electrons. The summed E-state index contributed by atoms with van der Waals surface area (Å²) >= 11 is 0. The highest BCUT2D eigenvalue weighted by Gasteiger charge is 2.16. The van der Waals surface area contributed by atoms with Crippen LogP contribution in [0.5, 0.6) is 23.0 Å². The van der Waals surface area contributed by atoms with E-state index in [1.807, 2.05) is 42.5 Å². The third kappa shape index (κ3) is 4.11. The van der Waals surface area contributed by atoms with Crippen molar-refractivity contribution in [2.75, 3.05) is 12.8 Å². The van der Waals surface area contributed by atoms with E-state index in [-0.39, 0.29) is 17.1 Å². The summed E-state index contributed by atoms with van der Waals surface area (Å²) < 4.78 is 11.0. The summed E-state index contributed by atoms with van der Waals surface area (Å²) in [7, 11) is 1.59. The van der Waals surface area contributed by atoms with Crippen LogP contribution in [-0.4, -0.2) is 17.2 Å². The second kappa shape index (κ2) is 8.47. The average Bonchev–Trinajstić information content (AvgIpc) is 2.80. The molecule has 0 atom stereocenters. The number of aromatic hydroxyl groups is 1. The molecule has 0 aliphatic heterocycles. The van der Waals surface area contributed by atoms with Crippen molar-refractivity contribution in [3.63, 3.8) is 0 Å². The molecular weight excluding hydrogens is 390 g/mol. The number of nitrogen functional groups attached to an aromatic ring is 1. The quantitative estimate of drug-likeness (QED) is 0.459. The van der Waals surface area contributed by atoms with Crippen molar-refractivity contribution in [1.29, 1.82) is 5.26 Å². The molecule has 3 N–H and O–H groups in total. The molecule has 1 aromatic heterocycles. The predicted octanol–water partition coefficient (Wildman–Crippen LogP) is 5.38. The van der Waals surface area contributed by atoms with Crippen LogP contribution >= 0.6 is 0 Å². The Morgan fingerprint density at radius 2 is 1.68 bits per heavy atom. The Kier molecular flexibility index (Phi) is 5.41. The van der Waals surface area contributed by atoms with E-state index in [9.17, 15) is 10.4 Å². The van der Waals surface area contributed by atoms with Gasteiger partial charge in [-0.3, -0.25) is 0 Å². The molecule has 0 saturated heterocycles. The van der Waals surface area contributed by atoms with Crippen LogP contribution < -0.4 is 15.2 Å². The molecule has 0 bridgehead atoms. The molecule has 3 aromatic carbocycles. The largest absolute Gasteiger partial charge is 0.504 e. The van der Waals surface area contributed by atoms with Gasteiger partial charge in [0.25, 0.3) is 0 Å². The van der Waals surface area contributed by atoms with Crippen LogP contribution in [0.4, 0.5) is 5.82 Å². The van der Waals surface area contributed by atoms with E-state index in [4.69, 9.17) is 15.2 Å². The van der Waals surface area contributed by atoms with E-state index in [1.165, 1.54) is 0 Å². The van der Waals surface area contributed by atoms with Crippen molar-refractivity contribution < 1.29 is 14.6 Å². The number of anilines is 1. The van der Waals surface area contributed by atoms with Crippen LogP contribution in [0, 0.1) is 11.3 Å². The lowest BCUT2D eigenvalue weighted by molar-refractivity contribution is 0.411. The van der Waals surface area contributed by atoms with E-state index in [1.54, 1.807) is 43.5 Å². The number of nitriles is 1. The van der Waals surface area contributed by atoms with E-state index in [0.29, 0.717) is 34.1 Å². The number of nitrogens with zero attached hydrogens (tertiary/aromatic N) is 2. The fourth-order valence-electron chi connectivity index (χ4n) is 3.23. The molecule has 31 heavy (non-hydrogen) atoms. The fourth-order valence-corrected chi connectivity index (χ4v) is 3.23. The number of aromatic nitrogens is 1. The Hall–Kier alpha value is -4.50. The third-order valence-electron chi connectivity index (χ3n) is 4.77. The van der Waals surface area contributed by atoms with E-state index in [0.717, 1.165) is 5.56 Å². The SMILES string of the molecule is COc1cccc(-c2cc(-c3ccc(Oc4ccccc4)c(O)c3)c(C#N)c(N)n2)c1. The van der Waals surface area contributed by atoms with Gasteiger partial charge in [-0.05, 0) is 48.0 Å². The number of pyridine rings is 1. The fraction of sp³-hybridized carbons (Fsp3) is 0.0400. The third-order valence-corrected chi connectivity index (χ3v) is 4.77. The maximum atomic E-state index is 10.5. The number of phenols is 1. The first kappa shape index (κ1) is 19.8. The van der Waals surface area contributed by atoms with Crippen molar-refractivity contribution >= 4 is 5.82 Å². The van der Waals surface area contributed by atoms with Gasteiger partial charge in [0.1, 0.15) is 28.9 Å². The highest BCUT2D eigenvalue weighted by Crippen LogP contribution is 2.37. The van der Waals surface area contributed by atoms with Crippen LogP contribution in [0.2, 0.25) is 0 Å². The van der Waals surface area contributed by atoms with Crippen molar-refractivity contribution in [3.8, 4) is 51.5 Å². The normalized spacial score (nSPS) is 10.3. The second-order valence-corrected chi connectivity index (χ2v) is 6.76. The van der Waals surface area contributed by atoms with Gasteiger partial charge in [0.15, 0.2) is 11.5 Å². The zero-order valence-electron chi connectivity index (χ0n) is 16.7. The van der Waals surface area contributed by atoms with Gasteiger partial charge >= 0.3 is 0 Å². The molecule has 4 aromatic rings. The second-order valence-electron chi connectivity index (χ2n) is 6.76. The number of para-hydroxylation sites is 1. The van der Waals surface area contributed by atoms with Crippen LogP contribution in [-0.2, 0) is 0 Å². The summed E-state index contributed by atoms with van der Waals surface area (Å²) in [5, 5.41) is 20.2. The molecule has 6 nitrogen and oxygen atoms in total. The van der Waals surface area contributed by atoms with Gasteiger partial charge in [-0.25, -0.2) is 4.98 Å². The zero-order chi connectivity index (χ0) is 21.8. The number of benzene rings is 3. The molecule has 0 saturated carbocycles. The lowest BCUT2D eigenvalue weighted by atomic mass is 9.98. The molecule has 0 aliphatic carbocycles. The number of hydrogen-bond donors (Lipinski definition) is 2. The minimum atomic E-state index is -0.0523. The van der Waals surface area contributed by atoms with Crippen molar-refractivity contribution in [3.05, 3.63) is 84.4 Å². The maximum absolute atomic E-state index is 10.5. The van der Waals surface area contributed by atoms with Crippen molar-refractivity contribution in [2.24, 2.45) is 0 Å². The van der Waals surface area contributed by atoms with Gasteiger partial charge < -0.3 is 20.3 Å².